The monoisotopic (exact) mass is 296 g/mol. The van der Waals surface area contributed by atoms with Gasteiger partial charge in [-0.15, -0.1) is 0 Å². The van der Waals surface area contributed by atoms with Crippen molar-refractivity contribution < 1.29 is 8.42 Å². The molecule has 5 heteroatoms. The van der Waals surface area contributed by atoms with Gasteiger partial charge in [0.25, 0.3) is 0 Å². The molecular formula is C15H24N2O2S. The van der Waals surface area contributed by atoms with Gasteiger partial charge in [0.15, 0.2) is 0 Å². The smallest absolute Gasteiger partial charge is 0.241 e. The van der Waals surface area contributed by atoms with Crippen LogP contribution in [0.15, 0.2) is 29.2 Å². The molecule has 112 valence electrons. The van der Waals surface area contributed by atoms with E-state index >= 15 is 0 Å². The largest absolute Gasteiger partial charge is 0.313 e. The molecule has 1 aliphatic rings. The summed E-state index contributed by atoms with van der Waals surface area (Å²) in [5.74, 6) is 0. The first kappa shape index (κ1) is 15.5. The van der Waals surface area contributed by atoms with Gasteiger partial charge in [-0.1, -0.05) is 38.0 Å². The zero-order valence-corrected chi connectivity index (χ0v) is 13.1. The summed E-state index contributed by atoms with van der Waals surface area (Å²) < 4.78 is 28.2. The molecule has 0 amide bonds. The Labute approximate surface area is 122 Å². The van der Waals surface area contributed by atoms with Gasteiger partial charge in [0.2, 0.25) is 10.0 Å². The van der Waals surface area contributed by atoms with Crippen LogP contribution in [0.2, 0.25) is 0 Å². The Hall–Kier alpha value is -0.910. The number of hydrogen-bond donors (Lipinski definition) is 2. The van der Waals surface area contributed by atoms with Crippen LogP contribution in [0.5, 0.6) is 0 Å². The minimum absolute atomic E-state index is 0.288. The molecule has 0 bridgehead atoms. The fraction of sp³-hybridized carbons (Fsp3) is 0.600. The van der Waals surface area contributed by atoms with Crippen LogP contribution < -0.4 is 10.0 Å². The lowest BCUT2D eigenvalue weighted by atomic mass is 10.0. The molecule has 0 unspecified atom stereocenters. The molecule has 0 radical (unpaired) electrons. The predicted octanol–water partition coefficient (Wildman–Crippen LogP) is 2.41. The Morgan fingerprint density at radius 1 is 1.20 bits per heavy atom. The second kappa shape index (κ2) is 6.24. The van der Waals surface area contributed by atoms with E-state index in [2.05, 4.69) is 10.0 Å². The Kier molecular flexibility index (Phi) is 4.83. The van der Waals surface area contributed by atoms with Crippen molar-refractivity contribution in [2.45, 2.75) is 56.5 Å². The normalized spacial score (nSPS) is 18.3. The lowest BCUT2D eigenvalue weighted by molar-refractivity contribution is 0.427. The van der Waals surface area contributed by atoms with Crippen LogP contribution in [0.25, 0.3) is 0 Å². The SMILES string of the molecule is CCNCc1ccccc1S(=O)(=O)NC1(C)CCCC1. The molecular weight excluding hydrogens is 272 g/mol. The van der Waals surface area contributed by atoms with Crippen molar-refractivity contribution in [2.75, 3.05) is 6.54 Å². The molecule has 4 nitrogen and oxygen atoms in total. The van der Waals surface area contributed by atoms with E-state index in [-0.39, 0.29) is 5.54 Å². The molecule has 1 aromatic carbocycles. The minimum atomic E-state index is -3.45. The standard InChI is InChI=1S/C15H24N2O2S/c1-3-16-12-13-8-4-5-9-14(13)20(18,19)17-15(2)10-6-7-11-15/h4-5,8-9,16-17H,3,6-7,10-12H2,1-2H3. The van der Waals surface area contributed by atoms with Crippen LogP contribution in [-0.2, 0) is 16.6 Å². The van der Waals surface area contributed by atoms with Gasteiger partial charge in [0.1, 0.15) is 0 Å². The topological polar surface area (TPSA) is 58.2 Å². The van der Waals surface area contributed by atoms with Gasteiger partial charge < -0.3 is 5.32 Å². The average molecular weight is 296 g/mol. The highest BCUT2D eigenvalue weighted by atomic mass is 32.2. The second-order valence-corrected chi connectivity index (χ2v) is 7.41. The summed E-state index contributed by atoms with van der Waals surface area (Å²) in [5.41, 5.74) is 0.535. The van der Waals surface area contributed by atoms with E-state index in [9.17, 15) is 8.42 Å². The predicted molar refractivity (Wildman–Crippen MR) is 81.0 cm³/mol. The second-order valence-electron chi connectivity index (χ2n) is 5.76. The Bertz CT molecular complexity index is 549. The van der Waals surface area contributed by atoms with E-state index in [0.717, 1.165) is 37.8 Å². The van der Waals surface area contributed by atoms with Gasteiger partial charge in [-0.25, -0.2) is 13.1 Å². The van der Waals surface area contributed by atoms with Crippen molar-refractivity contribution in [3.63, 3.8) is 0 Å². The average Bonchev–Trinajstić information content (AvgIpc) is 2.82. The number of nitrogens with one attached hydrogen (secondary N) is 2. The molecule has 0 atom stereocenters. The molecule has 1 aliphatic carbocycles. The maximum atomic E-state index is 12.6. The summed E-state index contributed by atoms with van der Waals surface area (Å²) in [6.07, 6.45) is 4.03. The fourth-order valence-electron chi connectivity index (χ4n) is 2.81. The molecule has 0 aliphatic heterocycles. The van der Waals surface area contributed by atoms with Crippen molar-refractivity contribution in [3.05, 3.63) is 29.8 Å². The maximum absolute atomic E-state index is 12.6. The Morgan fingerprint density at radius 3 is 2.50 bits per heavy atom. The molecule has 2 rings (SSSR count). The van der Waals surface area contributed by atoms with Crippen molar-refractivity contribution in [1.29, 1.82) is 0 Å². The van der Waals surface area contributed by atoms with Crippen LogP contribution in [0.1, 0.15) is 45.1 Å². The summed E-state index contributed by atoms with van der Waals surface area (Å²) in [4.78, 5) is 0.397. The Balaban J connectivity index is 2.24. The van der Waals surface area contributed by atoms with E-state index < -0.39 is 10.0 Å². The third-order valence-corrected chi connectivity index (χ3v) is 5.65. The third-order valence-electron chi connectivity index (χ3n) is 3.92. The highest BCUT2D eigenvalue weighted by molar-refractivity contribution is 7.89. The molecule has 1 saturated carbocycles. The van der Waals surface area contributed by atoms with E-state index in [0.29, 0.717) is 11.4 Å². The molecule has 0 saturated heterocycles. The molecule has 0 spiro atoms. The molecule has 0 aromatic heterocycles. The number of rotatable bonds is 6. The summed E-state index contributed by atoms with van der Waals surface area (Å²) in [6, 6.07) is 7.21. The van der Waals surface area contributed by atoms with Crippen molar-refractivity contribution >= 4 is 10.0 Å². The van der Waals surface area contributed by atoms with Crippen LogP contribution in [-0.4, -0.2) is 20.5 Å². The molecule has 0 heterocycles. The van der Waals surface area contributed by atoms with Crippen LogP contribution in [0.4, 0.5) is 0 Å². The minimum Gasteiger partial charge on any atom is -0.313 e. The van der Waals surface area contributed by atoms with Crippen LogP contribution in [0, 0.1) is 0 Å². The number of sulfonamides is 1. The zero-order valence-electron chi connectivity index (χ0n) is 12.3. The zero-order chi connectivity index (χ0) is 14.6. The fourth-order valence-corrected chi connectivity index (χ4v) is 4.51. The van der Waals surface area contributed by atoms with Crippen LogP contribution >= 0.6 is 0 Å². The van der Waals surface area contributed by atoms with Gasteiger partial charge in [-0.2, -0.15) is 0 Å². The molecule has 1 aromatic rings. The number of benzene rings is 1. The van der Waals surface area contributed by atoms with Crippen molar-refractivity contribution in [2.24, 2.45) is 0 Å². The Morgan fingerprint density at radius 2 is 1.85 bits per heavy atom. The molecule has 1 fully saturated rings. The van der Waals surface area contributed by atoms with Gasteiger partial charge >= 0.3 is 0 Å². The van der Waals surface area contributed by atoms with Gasteiger partial charge in [-0.3, -0.25) is 0 Å². The number of hydrogen-bond acceptors (Lipinski definition) is 3. The summed E-state index contributed by atoms with van der Waals surface area (Å²) >= 11 is 0. The molecule has 20 heavy (non-hydrogen) atoms. The first-order chi connectivity index (χ1) is 9.47. The van der Waals surface area contributed by atoms with Gasteiger partial charge in [0, 0.05) is 12.1 Å². The molecule has 2 N–H and O–H groups in total. The lowest BCUT2D eigenvalue weighted by Gasteiger charge is -2.25. The van der Waals surface area contributed by atoms with Crippen LogP contribution in [0.3, 0.4) is 0 Å². The quantitative estimate of drug-likeness (QED) is 0.847. The van der Waals surface area contributed by atoms with Crippen molar-refractivity contribution in [3.8, 4) is 0 Å². The maximum Gasteiger partial charge on any atom is 0.241 e. The lowest BCUT2D eigenvalue weighted by Crippen LogP contribution is -2.43. The van der Waals surface area contributed by atoms with Gasteiger partial charge in [-0.05, 0) is 37.9 Å². The highest BCUT2D eigenvalue weighted by Crippen LogP contribution is 2.31. The van der Waals surface area contributed by atoms with E-state index in [4.69, 9.17) is 0 Å². The highest BCUT2D eigenvalue weighted by Gasteiger charge is 2.34. The summed E-state index contributed by atoms with van der Waals surface area (Å²) in [7, 11) is -3.45. The van der Waals surface area contributed by atoms with E-state index in [1.165, 1.54) is 0 Å². The summed E-state index contributed by atoms with van der Waals surface area (Å²) in [6.45, 7) is 5.41. The van der Waals surface area contributed by atoms with Gasteiger partial charge in [0.05, 0.1) is 4.90 Å². The summed E-state index contributed by atoms with van der Waals surface area (Å²) in [5, 5.41) is 3.19. The first-order valence-corrected chi connectivity index (χ1v) is 8.78. The third kappa shape index (κ3) is 3.59. The van der Waals surface area contributed by atoms with E-state index in [1.807, 2.05) is 26.0 Å². The van der Waals surface area contributed by atoms with E-state index in [1.54, 1.807) is 12.1 Å². The first-order valence-electron chi connectivity index (χ1n) is 7.29. The van der Waals surface area contributed by atoms with Crippen molar-refractivity contribution in [1.82, 2.24) is 10.0 Å².